The molecule has 4 nitrogen and oxygen atoms in total. The molecule has 1 rings (SSSR count). The SMILES string of the molecule is CC(OCc1ccccc1)C(C)[N+](=O)[O-]. The summed E-state index contributed by atoms with van der Waals surface area (Å²) in [6.45, 7) is 3.69. The zero-order chi connectivity index (χ0) is 11.3. The smallest absolute Gasteiger partial charge is 0.235 e. The molecule has 2 unspecified atom stereocenters. The summed E-state index contributed by atoms with van der Waals surface area (Å²) in [6.07, 6.45) is -0.375. The van der Waals surface area contributed by atoms with Crippen molar-refractivity contribution in [3.63, 3.8) is 0 Å². The van der Waals surface area contributed by atoms with Gasteiger partial charge in [-0.3, -0.25) is 10.1 Å². The fourth-order valence-corrected chi connectivity index (χ4v) is 1.11. The summed E-state index contributed by atoms with van der Waals surface area (Å²) in [4.78, 5) is 10.2. The Balaban J connectivity index is 2.41. The fraction of sp³-hybridized carbons (Fsp3) is 0.455. The number of hydrogen-bond acceptors (Lipinski definition) is 3. The second-order valence-electron chi connectivity index (χ2n) is 3.53. The molecular formula is C11H15NO3. The number of hydrogen-bond donors (Lipinski definition) is 0. The Morgan fingerprint density at radius 3 is 2.47 bits per heavy atom. The van der Waals surface area contributed by atoms with Gasteiger partial charge >= 0.3 is 0 Å². The van der Waals surface area contributed by atoms with Gasteiger partial charge in [0.2, 0.25) is 6.04 Å². The highest BCUT2D eigenvalue weighted by atomic mass is 16.6. The third-order valence-corrected chi connectivity index (χ3v) is 2.37. The molecule has 0 aliphatic rings. The Kier molecular flexibility index (Phi) is 4.24. The standard InChI is InChI=1S/C11H15NO3/c1-9(12(13)14)10(2)15-8-11-6-4-3-5-7-11/h3-7,9-10H,8H2,1-2H3. The van der Waals surface area contributed by atoms with Crippen molar-refractivity contribution in [1.82, 2.24) is 0 Å². The minimum Gasteiger partial charge on any atom is -0.367 e. The van der Waals surface area contributed by atoms with Gasteiger partial charge in [-0.25, -0.2) is 0 Å². The van der Waals surface area contributed by atoms with Gasteiger partial charge in [0.05, 0.1) is 6.61 Å². The van der Waals surface area contributed by atoms with Crippen molar-refractivity contribution >= 4 is 0 Å². The van der Waals surface area contributed by atoms with Gasteiger partial charge in [0.25, 0.3) is 0 Å². The molecule has 2 atom stereocenters. The van der Waals surface area contributed by atoms with E-state index in [-0.39, 0.29) is 11.0 Å². The summed E-state index contributed by atoms with van der Waals surface area (Å²) >= 11 is 0. The van der Waals surface area contributed by atoms with Crippen LogP contribution in [-0.4, -0.2) is 17.1 Å². The number of nitrogens with zero attached hydrogens (tertiary/aromatic N) is 1. The Morgan fingerprint density at radius 1 is 1.33 bits per heavy atom. The van der Waals surface area contributed by atoms with Gasteiger partial charge in [-0.05, 0) is 12.5 Å². The van der Waals surface area contributed by atoms with Crippen LogP contribution in [0.5, 0.6) is 0 Å². The van der Waals surface area contributed by atoms with E-state index in [1.54, 1.807) is 13.8 Å². The van der Waals surface area contributed by atoms with Gasteiger partial charge in [-0.2, -0.15) is 0 Å². The van der Waals surface area contributed by atoms with Crippen LogP contribution in [0.4, 0.5) is 0 Å². The normalized spacial score (nSPS) is 14.5. The highest BCUT2D eigenvalue weighted by molar-refractivity contribution is 5.13. The van der Waals surface area contributed by atoms with Gasteiger partial charge in [0.15, 0.2) is 0 Å². The molecule has 0 saturated carbocycles. The molecule has 0 aromatic heterocycles. The maximum absolute atomic E-state index is 10.5. The molecule has 0 heterocycles. The average Bonchev–Trinajstić information content (AvgIpc) is 2.26. The molecule has 0 spiro atoms. The highest BCUT2D eigenvalue weighted by Crippen LogP contribution is 2.07. The van der Waals surface area contributed by atoms with E-state index in [0.717, 1.165) is 5.56 Å². The van der Waals surface area contributed by atoms with Gasteiger partial charge in [-0.1, -0.05) is 30.3 Å². The van der Waals surface area contributed by atoms with Crippen molar-refractivity contribution in [3.05, 3.63) is 46.0 Å². The highest BCUT2D eigenvalue weighted by Gasteiger charge is 2.22. The van der Waals surface area contributed by atoms with E-state index in [1.807, 2.05) is 30.3 Å². The van der Waals surface area contributed by atoms with Crippen molar-refractivity contribution in [2.45, 2.75) is 32.6 Å². The van der Waals surface area contributed by atoms with Crippen LogP contribution in [0.15, 0.2) is 30.3 Å². The Hall–Kier alpha value is -1.42. The minimum absolute atomic E-state index is 0.324. The molecule has 0 fully saturated rings. The van der Waals surface area contributed by atoms with Gasteiger partial charge in [0.1, 0.15) is 6.10 Å². The van der Waals surface area contributed by atoms with Crippen molar-refractivity contribution in [3.8, 4) is 0 Å². The zero-order valence-electron chi connectivity index (χ0n) is 8.92. The van der Waals surface area contributed by atoms with Crippen LogP contribution >= 0.6 is 0 Å². The van der Waals surface area contributed by atoms with Crippen LogP contribution in [0.25, 0.3) is 0 Å². The number of nitro groups is 1. The van der Waals surface area contributed by atoms with Crippen molar-refractivity contribution in [1.29, 1.82) is 0 Å². The van der Waals surface area contributed by atoms with Crippen LogP contribution in [0.2, 0.25) is 0 Å². The first-order valence-electron chi connectivity index (χ1n) is 4.90. The maximum atomic E-state index is 10.5. The van der Waals surface area contributed by atoms with Crippen LogP contribution in [0.1, 0.15) is 19.4 Å². The molecule has 0 aliphatic carbocycles. The molecule has 82 valence electrons. The molecule has 1 aromatic carbocycles. The minimum atomic E-state index is -0.672. The lowest BCUT2D eigenvalue weighted by Gasteiger charge is -2.14. The van der Waals surface area contributed by atoms with E-state index in [9.17, 15) is 10.1 Å². The van der Waals surface area contributed by atoms with E-state index in [4.69, 9.17) is 4.74 Å². The average molecular weight is 209 g/mol. The second-order valence-corrected chi connectivity index (χ2v) is 3.53. The van der Waals surface area contributed by atoms with E-state index < -0.39 is 6.04 Å². The van der Waals surface area contributed by atoms with Crippen LogP contribution in [0, 0.1) is 10.1 Å². The van der Waals surface area contributed by atoms with E-state index in [1.165, 1.54) is 0 Å². The molecule has 0 saturated heterocycles. The lowest BCUT2D eigenvalue weighted by atomic mass is 10.2. The van der Waals surface area contributed by atoms with Crippen molar-refractivity contribution in [2.24, 2.45) is 0 Å². The van der Waals surface area contributed by atoms with Gasteiger partial charge in [0, 0.05) is 11.8 Å². The third kappa shape index (κ3) is 3.67. The predicted molar refractivity (Wildman–Crippen MR) is 57.1 cm³/mol. The molecule has 0 bridgehead atoms. The Morgan fingerprint density at radius 2 is 1.93 bits per heavy atom. The summed E-state index contributed by atoms with van der Waals surface area (Å²) < 4.78 is 5.41. The molecule has 1 aromatic rings. The maximum Gasteiger partial charge on any atom is 0.235 e. The van der Waals surface area contributed by atoms with E-state index in [0.29, 0.717) is 6.61 Å². The number of rotatable bonds is 5. The topological polar surface area (TPSA) is 52.4 Å². The van der Waals surface area contributed by atoms with E-state index >= 15 is 0 Å². The fourth-order valence-electron chi connectivity index (χ4n) is 1.11. The quantitative estimate of drug-likeness (QED) is 0.552. The van der Waals surface area contributed by atoms with Crippen molar-refractivity contribution in [2.75, 3.05) is 0 Å². The van der Waals surface area contributed by atoms with Gasteiger partial charge in [-0.15, -0.1) is 0 Å². The summed E-state index contributed by atoms with van der Waals surface area (Å²) in [5, 5.41) is 10.5. The predicted octanol–water partition coefficient (Wildman–Crippen LogP) is 2.26. The summed E-state index contributed by atoms with van der Waals surface area (Å²) in [6, 6.07) is 8.95. The van der Waals surface area contributed by atoms with Crippen LogP contribution in [-0.2, 0) is 11.3 Å². The molecule has 0 radical (unpaired) electrons. The van der Waals surface area contributed by atoms with E-state index in [2.05, 4.69) is 0 Å². The lowest BCUT2D eigenvalue weighted by Crippen LogP contribution is -2.30. The van der Waals surface area contributed by atoms with Crippen LogP contribution in [0.3, 0.4) is 0 Å². The summed E-state index contributed by atoms with van der Waals surface area (Å²) in [5.41, 5.74) is 1.03. The Bertz CT molecular complexity index is 313. The zero-order valence-corrected chi connectivity index (χ0v) is 8.92. The molecule has 0 amide bonds. The second kappa shape index (κ2) is 5.46. The number of benzene rings is 1. The monoisotopic (exact) mass is 209 g/mol. The first kappa shape index (κ1) is 11.7. The third-order valence-electron chi connectivity index (χ3n) is 2.37. The molecule has 0 aliphatic heterocycles. The molecule has 4 heteroatoms. The largest absolute Gasteiger partial charge is 0.367 e. The first-order valence-corrected chi connectivity index (χ1v) is 4.90. The van der Waals surface area contributed by atoms with Crippen LogP contribution < -0.4 is 0 Å². The molecule has 0 N–H and O–H groups in total. The Labute approximate surface area is 89.0 Å². The van der Waals surface area contributed by atoms with Crippen molar-refractivity contribution < 1.29 is 9.66 Å². The lowest BCUT2D eigenvalue weighted by molar-refractivity contribution is -0.530. The summed E-state index contributed by atoms with van der Waals surface area (Å²) in [5.74, 6) is 0. The molecular weight excluding hydrogens is 194 g/mol. The number of ether oxygens (including phenoxy) is 1. The summed E-state index contributed by atoms with van der Waals surface area (Å²) in [7, 11) is 0. The van der Waals surface area contributed by atoms with Gasteiger partial charge < -0.3 is 4.74 Å². The molecule has 15 heavy (non-hydrogen) atoms. The first-order chi connectivity index (χ1) is 7.11.